The SMILES string of the molecule is Cc1ccc(S(=O)(=O)[C@@H]2[C@@H](C=O)[C@@H]2c2cccc(Cl)c2)cc1. The Morgan fingerprint density at radius 1 is 1.09 bits per heavy atom. The lowest BCUT2D eigenvalue weighted by Gasteiger charge is -2.05. The van der Waals surface area contributed by atoms with Gasteiger partial charge in [0, 0.05) is 16.9 Å². The van der Waals surface area contributed by atoms with Crippen LogP contribution in [0.15, 0.2) is 53.4 Å². The maximum Gasteiger partial charge on any atom is 0.182 e. The van der Waals surface area contributed by atoms with Crippen LogP contribution in [-0.4, -0.2) is 20.0 Å². The molecule has 0 amide bonds. The number of hydrogen-bond acceptors (Lipinski definition) is 3. The summed E-state index contributed by atoms with van der Waals surface area (Å²) in [5, 5.41) is -0.160. The number of hydrogen-bond donors (Lipinski definition) is 0. The number of sulfone groups is 1. The Bertz CT molecular complexity index is 812. The summed E-state index contributed by atoms with van der Waals surface area (Å²) in [7, 11) is -3.53. The van der Waals surface area contributed by atoms with Crippen molar-refractivity contribution in [2.75, 3.05) is 0 Å². The van der Waals surface area contributed by atoms with Crippen LogP contribution in [-0.2, 0) is 14.6 Å². The molecule has 1 saturated carbocycles. The van der Waals surface area contributed by atoms with Crippen LogP contribution in [0.2, 0.25) is 5.02 Å². The highest BCUT2D eigenvalue weighted by atomic mass is 35.5. The molecular formula is C17H15ClO3S. The molecule has 1 aliphatic carbocycles. The summed E-state index contributed by atoms with van der Waals surface area (Å²) >= 11 is 5.97. The first kappa shape index (κ1) is 15.3. The van der Waals surface area contributed by atoms with Gasteiger partial charge in [0.15, 0.2) is 9.84 Å². The van der Waals surface area contributed by atoms with E-state index < -0.39 is 21.0 Å². The van der Waals surface area contributed by atoms with Gasteiger partial charge in [0.25, 0.3) is 0 Å². The average Bonchev–Trinajstić information content (AvgIpc) is 3.23. The molecule has 1 aliphatic rings. The van der Waals surface area contributed by atoms with Crippen molar-refractivity contribution < 1.29 is 13.2 Å². The molecule has 114 valence electrons. The van der Waals surface area contributed by atoms with Crippen molar-refractivity contribution in [1.29, 1.82) is 0 Å². The molecule has 3 atom stereocenters. The van der Waals surface area contributed by atoms with Crippen molar-refractivity contribution in [3.8, 4) is 0 Å². The van der Waals surface area contributed by atoms with E-state index in [0.29, 0.717) is 5.02 Å². The zero-order valence-electron chi connectivity index (χ0n) is 11.9. The van der Waals surface area contributed by atoms with Crippen molar-refractivity contribution >= 4 is 27.7 Å². The van der Waals surface area contributed by atoms with Crippen LogP contribution >= 0.6 is 11.6 Å². The lowest BCUT2D eigenvalue weighted by Crippen LogP contribution is -2.11. The predicted octanol–water partition coefficient (Wildman–Crippen LogP) is 3.40. The van der Waals surface area contributed by atoms with Crippen LogP contribution in [0.3, 0.4) is 0 Å². The molecule has 2 aromatic carbocycles. The first-order valence-electron chi connectivity index (χ1n) is 6.96. The van der Waals surface area contributed by atoms with E-state index in [0.717, 1.165) is 17.4 Å². The molecule has 0 heterocycles. The van der Waals surface area contributed by atoms with E-state index in [2.05, 4.69) is 0 Å². The lowest BCUT2D eigenvalue weighted by atomic mass is 10.1. The first-order valence-corrected chi connectivity index (χ1v) is 8.89. The maximum absolute atomic E-state index is 12.8. The summed E-state index contributed by atoms with van der Waals surface area (Å²) in [5.74, 6) is -0.827. The highest BCUT2D eigenvalue weighted by Crippen LogP contribution is 2.53. The Morgan fingerprint density at radius 2 is 1.77 bits per heavy atom. The van der Waals surface area contributed by atoms with Gasteiger partial charge in [0.2, 0.25) is 0 Å². The molecule has 0 radical (unpaired) electrons. The van der Waals surface area contributed by atoms with E-state index in [9.17, 15) is 13.2 Å². The molecule has 1 fully saturated rings. The molecule has 0 saturated heterocycles. The zero-order chi connectivity index (χ0) is 15.9. The molecular weight excluding hydrogens is 320 g/mol. The average molecular weight is 335 g/mol. The second kappa shape index (κ2) is 5.52. The predicted molar refractivity (Wildman–Crippen MR) is 85.9 cm³/mol. The molecule has 2 aromatic rings. The Labute approximate surface area is 134 Å². The molecule has 5 heteroatoms. The zero-order valence-corrected chi connectivity index (χ0v) is 13.5. The highest BCUT2D eigenvalue weighted by molar-refractivity contribution is 7.92. The monoisotopic (exact) mass is 334 g/mol. The number of rotatable bonds is 4. The number of aldehydes is 1. The van der Waals surface area contributed by atoms with Crippen LogP contribution in [0.4, 0.5) is 0 Å². The summed E-state index contributed by atoms with van der Waals surface area (Å²) in [5.41, 5.74) is 1.79. The fourth-order valence-electron chi connectivity index (χ4n) is 2.88. The topological polar surface area (TPSA) is 51.2 Å². The van der Waals surface area contributed by atoms with E-state index in [1.54, 1.807) is 42.5 Å². The molecule has 0 bridgehead atoms. The molecule has 3 nitrogen and oxygen atoms in total. The summed E-state index contributed by atoms with van der Waals surface area (Å²) < 4.78 is 25.5. The van der Waals surface area contributed by atoms with Gasteiger partial charge in [-0.2, -0.15) is 0 Å². The second-order valence-electron chi connectivity index (χ2n) is 5.62. The third kappa shape index (κ3) is 2.57. The molecule has 0 aromatic heterocycles. The minimum Gasteiger partial charge on any atom is -0.303 e. The quantitative estimate of drug-likeness (QED) is 0.805. The fraction of sp³-hybridized carbons (Fsp3) is 0.235. The Balaban J connectivity index is 1.97. The van der Waals surface area contributed by atoms with Gasteiger partial charge in [-0.1, -0.05) is 41.4 Å². The number of carbonyl (C=O) groups is 1. The minimum atomic E-state index is -3.53. The van der Waals surface area contributed by atoms with Crippen molar-refractivity contribution in [1.82, 2.24) is 0 Å². The van der Waals surface area contributed by atoms with Gasteiger partial charge in [-0.15, -0.1) is 0 Å². The Hall–Kier alpha value is -1.65. The third-order valence-electron chi connectivity index (χ3n) is 4.11. The summed E-state index contributed by atoms with van der Waals surface area (Å²) in [6, 6.07) is 13.8. The summed E-state index contributed by atoms with van der Waals surface area (Å²) in [4.78, 5) is 11.5. The van der Waals surface area contributed by atoms with Gasteiger partial charge < -0.3 is 4.79 Å². The van der Waals surface area contributed by atoms with Crippen molar-refractivity contribution in [2.45, 2.75) is 23.0 Å². The summed E-state index contributed by atoms with van der Waals surface area (Å²) in [6.07, 6.45) is 0.738. The first-order chi connectivity index (χ1) is 10.4. The van der Waals surface area contributed by atoms with E-state index in [1.165, 1.54) is 0 Å². The van der Waals surface area contributed by atoms with Crippen molar-refractivity contribution in [3.63, 3.8) is 0 Å². The van der Waals surface area contributed by atoms with Crippen LogP contribution in [0.25, 0.3) is 0 Å². The van der Waals surface area contributed by atoms with Crippen molar-refractivity contribution in [3.05, 3.63) is 64.7 Å². The van der Waals surface area contributed by atoms with Gasteiger partial charge in [-0.25, -0.2) is 8.42 Å². The Morgan fingerprint density at radius 3 is 2.36 bits per heavy atom. The van der Waals surface area contributed by atoms with Gasteiger partial charge in [-0.05, 0) is 36.8 Å². The number of halogens is 1. The van der Waals surface area contributed by atoms with Gasteiger partial charge >= 0.3 is 0 Å². The number of carbonyl (C=O) groups excluding carboxylic acids is 1. The molecule has 0 aliphatic heterocycles. The number of benzene rings is 2. The van der Waals surface area contributed by atoms with E-state index >= 15 is 0 Å². The minimum absolute atomic E-state index is 0.263. The maximum atomic E-state index is 12.8. The smallest absolute Gasteiger partial charge is 0.182 e. The Kier molecular flexibility index (Phi) is 3.83. The standard InChI is InChI=1S/C17H15ClO3S/c1-11-5-7-14(8-6-11)22(20,21)17-15(10-19)16(17)12-3-2-4-13(18)9-12/h2-10,15-17H,1H3/t15-,16-,17+/m0/s1. The molecule has 3 rings (SSSR count). The van der Waals surface area contributed by atoms with Gasteiger partial charge in [0.1, 0.15) is 6.29 Å². The molecule has 0 N–H and O–H groups in total. The fourth-order valence-corrected chi connectivity index (χ4v) is 5.19. The normalized spacial score (nSPS) is 24.0. The molecule has 0 unspecified atom stereocenters. The van der Waals surface area contributed by atoms with E-state index in [-0.39, 0.29) is 10.8 Å². The lowest BCUT2D eigenvalue weighted by molar-refractivity contribution is -0.108. The number of aryl methyl sites for hydroxylation is 1. The molecule has 0 spiro atoms. The highest BCUT2D eigenvalue weighted by Gasteiger charge is 2.59. The van der Waals surface area contributed by atoms with Gasteiger partial charge in [0.05, 0.1) is 10.1 Å². The largest absolute Gasteiger partial charge is 0.303 e. The van der Waals surface area contributed by atoms with E-state index in [1.807, 2.05) is 13.0 Å². The summed E-state index contributed by atoms with van der Waals surface area (Å²) in [6.45, 7) is 1.90. The van der Waals surface area contributed by atoms with Crippen LogP contribution in [0, 0.1) is 12.8 Å². The second-order valence-corrected chi connectivity index (χ2v) is 8.16. The van der Waals surface area contributed by atoms with Crippen molar-refractivity contribution in [2.24, 2.45) is 5.92 Å². The van der Waals surface area contributed by atoms with E-state index in [4.69, 9.17) is 11.6 Å². The third-order valence-corrected chi connectivity index (χ3v) is 6.59. The molecule has 22 heavy (non-hydrogen) atoms. The van der Waals surface area contributed by atoms with Crippen LogP contribution in [0.5, 0.6) is 0 Å². The van der Waals surface area contributed by atoms with Gasteiger partial charge in [-0.3, -0.25) is 0 Å². The van der Waals surface area contributed by atoms with Crippen LogP contribution in [0.1, 0.15) is 17.0 Å². The van der Waals surface area contributed by atoms with Crippen LogP contribution < -0.4 is 0 Å².